The fourth-order valence-corrected chi connectivity index (χ4v) is 4.80. The zero-order valence-electron chi connectivity index (χ0n) is 18.8. The Morgan fingerprint density at radius 1 is 1.00 bits per heavy atom. The summed E-state index contributed by atoms with van der Waals surface area (Å²) in [6.07, 6.45) is 6.11. The highest BCUT2D eigenvalue weighted by molar-refractivity contribution is 5.83. The number of carbonyl (C=O) groups excluding carboxylic acids is 2. The largest absolute Gasteiger partial charge is 0.494 e. The molecular formula is C27H34N2O3. The summed E-state index contributed by atoms with van der Waals surface area (Å²) in [6, 6.07) is 18.3. The number of nitrogens with zero attached hydrogens (tertiary/aromatic N) is 1. The van der Waals surface area contributed by atoms with Gasteiger partial charge in [0.25, 0.3) is 0 Å². The van der Waals surface area contributed by atoms with Crippen molar-refractivity contribution < 1.29 is 14.3 Å². The summed E-state index contributed by atoms with van der Waals surface area (Å²) in [7, 11) is 0. The van der Waals surface area contributed by atoms with Crippen LogP contribution in [0.25, 0.3) is 0 Å². The third kappa shape index (κ3) is 5.98. The van der Waals surface area contributed by atoms with E-state index in [1.165, 1.54) is 12.0 Å². The molecule has 0 spiro atoms. The van der Waals surface area contributed by atoms with Gasteiger partial charge in [-0.05, 0) is 55.4 Å². The Balaban J connectivity index is 1.29. The maximum absolute atomic E-state index is 12.7. The van der Waals surface area contributed by atoms with E-state index < -0.39 is 0 Å². The third-order valence-electron chi connectivity index (χ3n) is 6.60. The monoisotopic (exact) mass is 434 g/mol. The molecule has 4 rings (SSSR count). The molecule has 2 unspecified atom stereocenters. The summed E-state index contributed by atoms with van der Waals surface area (Å²) in [5.74, 6) is 1.33. The lowest BCUT2D eigenvalue weighted by atomic mass is 9.81. The van der Waals surface area contributed by atoms with E-state index in [-0.39, 0.29) is 17.9 Å². The molecule has 2 aliphatic heterocycles. The number of carbonyl (C=O) groups is 2. The molecule has 0 saturated carbocycles. The van der Waals surface area contributed by atoms with Crippen LogP contribution < -0.4 is 10.1 Å². The minimum Gasteiger partial charge on any atom is -0.494 e. The Morgan fingerprint density at radius 2 is 1.75 bits per heavy atom. The maximum atomic E-state index is 12.7. The fraction of sp³-hybridized carbons (Fsp3) is 0.481. The van der Waals surface area contributed by atoms with Crippen LogP contribution in [0.2, 0.25) is 0 Å². The van der Waals surface area contributed by atoms with Gasteiger partial charge in [-0.25, -0.2) is 0 Å². The van der Waals surface area contributed by atoms with Crippen LogP contribution in [-0.4, -0.2) is 42.8 Å². The number of ketones is 1. The van der Waals surface area contributed by atoms with Gasteiger partial charge in [0.05, 0.1) is 6.61 Å². The number of nitrogens with one attached hydrogen (secondary N) is 1. The number of hydrogen-bond donors (Lipinski definition) is 1. The van der Waals surface area contributed by atoms with E-state index in [1.807, 2.05) is 35.2 Å². The highest BCUT2D eigenvalue weighted by atomic mass is 16.5. The lowest BCUT2D eigenvalue weighted by Crippen LogP contribution is -2.41. The Morgan fingerprint density at radius 3 is 2.50 bits per heavy atom. The van der Waals surface area contributed by atoms with Crippen LogP contribution in [0.15, 0.2) is 54.6 Å². The van der Waals surface area contributed by atoms with Crippen molar-refractivity contribution in [2.24, 2.45) is 5.92 Å². The van der Waals surface area contributed by atoms with E-state index in [0.717, 1.165) is 56.6 Å². The first-order valence-corrected chi connectivity index (χ1v) is 12.0. The molecule has 1 N–H and O–H groups in total. The predicted molar refractivity (Wildman–Crippen MR) is 126 cm³/mol. The van der Waals surface area contributed by atoms with Crippen molar-refractivity contribution in [3.05, 3.63) is 65.7 Å². The molecule has 170 valence electrons. The summed E-state index contributed by atoms with van der Waals surface area (Å²) in [5, 5.41) is 3.55. The highest BCUT2D eigenvalue weighted by Gasteiger charge is 2.32. The Hall–Kier alpha value is -2.66. The smallest absolute Gasteiger partial charge is 0.222 e. The van der Waals surface area contributed by atoms with Gasteiger partial charge in [-0.15, -0.1) is 0 Å². The first kappa shape index (κ1) is 22.5. The van der Waals surface area contributed by atoms with Gasteiger partial charge in [-0.1, -0.05) is 42.5 Å². The number of ether oxygens (including phenoxy) is 1. The van der Waals surface area contributed by atoms with Gasteiger partial charge >= 0.3 is 0 Å². The number of hydrogen-bond acceptors (Lipinski definition) is 4. The second kappa shape index (κ2) is 11.3. The van der Waals surface area contributed by atoms with Gasteiger partial charge in [0.1, 0.15) is 11.5 Å². The molecule has 2 atom stereocenters. The molecule has 0 radical (unpaired) electrons. The summed E-state index contributed by atoms with van der Waals surface area (Å²) in [4.78, 5) is 26.9. The average Bonchev–Trinajstić information content (AvgIpc) is 2.84. The molecule has 2 fully saturated rings. The molecule has 2 aromatic carbocycles. The van der Waals surface area contributed by atoms with E-state index in [4.69, 9.17) is 4.74 Å². The quantitative estimate of drug-likeness (QED) is 0.629. The van der Waals surface area contributed by atoms with Crippen LogP contribution in [0.5, 0.6) is 5.75 Å². The molecular weight excluding hydrogens is 400 g/mol. The summed E-state index contributed by atoms with van der Waals surface area (Å²) in [6.45, 7) is 3.07. The van der Waals surface area contributed by atoms with Crippen molar-refractivity contribution in [1.82, 2.24) is 10.2 Å². The third-order valence-corrected chi connectivity index (χ3v) is 6.60. The standard InChI is InChI=1S/C27H34N2O3/c30-25-15-16-28-27(24(25)20-21-8-3-1-4-9-21)22-11-13-23(14-12-22)32-19-7-10-26(31)29-17-5-2-6-18-29/h1,3-4,8-9,11-14,24,27-28H,2,5-7,10,15-20H2. The van der Waals surface area contributed by atoms with Gasteiger partial charge < -0.3 is 15.0 Å². The lowest BCUT2D eigenvalue weighted by Gasteiger charge is -2.32. The molecule has 2 aromatic rings. The molecule has 2 heterocycles. The number of likely N-dealkylation sites (tertiary alicyclic amines) is 1. The van der Waals surface area contributed by atoms with Gasteiger partial charge in [0.2, 0.25) is 5.91 Å². The number of Topliss-reactive ketones (excluding diaryl/α,β-unsaturated/α-hetero) is 1. The van der Waals surface area contributed by atoms with Crippen molar-refractivity contribution >= 4 is 11.7 Å². The second-order valence-corrected chi connectivity index (χ2v) is 8.91. The van der Waals surface area contributed by atoms with Crippen molar-refractivity contribution in [2.45, 2.75) is 51.0 Å². The minimum absolute atomic E-state index is 0.0210. The van der Waals surface area contributed by atoms with E-state index in [9.17, 15) is 9.59 Å². The molecule has 2 aliphatic rings. The van der Waals surface area contributed by atoms with Gasteiger partial charge in [0, 0.05) is 44.4 Å². The van der Waals surface area contributed by atoms with Crippen LogP contribution in [0.4, 0.5) is 0 Å². The lowest BCUT2D eigenvalue weighted by molar-refractivity contribution is -0.132. The first-order valence-electron chi connectivity index (χ1n) is 12.0. The Bertz CT molecular complexity index is 876. The number of benzene rings is 2. The number of rotatable bonds is 8. The molecule has 5 heteroatoms. The first-order chi connectivity index (χ1) is 15.7. The van der Waals surface area contributed by atoms with E-state index in [0.29, 0.717) is 25.2 Å². The van der Waals surface area contributed by atoms with Crippen LogP contribution >= 0.6 is 0 Å². The topological polar surface area (TPSA) is 58.6 Å². The minimum atomic E-state index is -0.0567. The Kier molecular flexibility index (Phi) is 7.94. The maximum Gasteiger partial charge on any atom is 0.222 e. The molecule has 5 nitrogen and oxygen atoms in total. The average molecular weight is 435 g/mol. The van der Waals surface area contributed by atoms with Crippen molar-refractivity contribution in [3.63, 3.8) is 0 Å². The predicted octanol–water partition coefficient (Wildman–Crippen LogP) is 4.32. The Labute approximate surface area is 191 Å². The SMILES string of the molecule is O=C1CCNC(c2ccc(OCCCC(=O)N3CCCCC3)cc2)C1Cc1ccccc1. The fourth-order valence-electron chi connectivity index (χ4n) is 4.80. The van der Waals surface area contributed by atoms with Gasteiger partial charge in [-0.3, -0.25) is 9.59 Å². The normalized spacial score (nSPS) is 21.4. The van der Waals surface area contributed by atoms with Gasteiger partial charge in [-0.2, -0.15) is 0 Å². The van der Waals surface area contributed by atoms with Crippen LogP contribution in [0.1, 0.15) is 55.7 Å². The summed E-state index contributed by atoms with van der Waals surface area (Å²) < 4.78 is 5.87. The van der Waals surface area contributed by atoms with Crippen molar-refractivity contribution in [1.29, 1.82) is 0 Å². The molecule has 0 aromatic heterocycles. The molecule has 0 bridgehead atoms. The van der Waals surface area contributed by atoms with Crippen molar-refractivity contribution in [3.8, 4) is 5.75 Å². The highest BCUT2D eigenvalue weighted by Crippen LogP contribution is 2.31. The van der Waals surface area contributed by atoms with Crippen molar-refractivity contribution in [2.75, 3.05) is 26.2 Å². The zero-order valence-corrected chi connectivity index (χ0v) is 18.8. The molecule has 32 heavy (non-hydrogen) atoms. The summed E-state index contributed by atoms with van der Waals surface area (Å²) >= 11 is 0. The zero-order chi connectivity index (χ0) is 22.2. The number of amides is 1. The molecule has 1 amide bonds. The molecule has 0 aliphatic carbocycles. The van der Waals surface area contributed by atoms with E-state index in [2.05, 4.69) is 29.6 Å². The van der Waals surface area contributed by atoms with Crippen LogP contribution in [-0.2, 0) is 16.0 Å². The molecule has 2 saturated heterocycles. The van der Waals surface area contributed by atoms with E-state index >= 15 is 0 Å². The van der Waals surface area contributed by atoms with E-state index in [1.54, 1.807) is 0 Å². The van der Waals surface area contributed by atoms with Crippen LogP contribution in [0, 0.1) is 5.92 Å². The number of piperidine rings is 2. The van der Waals surface area contributed by atoms with Crippen LogP contribution in [0.3, 0.4) is 0 Å². The summed E-state index contributed by atoms with van der Waals surface area (Å²) in [5.41, 5.74) is 2.31. The van der Waals surface area contributed by atoms with Gasteiger partial charge in [0.15, 0.2) is 0 Å². The second-order valence-electron chi connectivity index (χ2n) is 8.91.